The first-order valence-electron chi connectivity index (χ1n) is 7.70. The molecule has 0 spiro atoms. The highest BCUT2D eigenvalue weighted by molar-refractivity contribution is 5.86. The molecule has 1 saturated heterocycles. The predicted octanol–water partition coefficient (Wildman–Crippen LogP) is 3.77. The van der Waals surface area contributed by atoms with Gasteiger partial charge in [0.15, 0.2) is 6.29 Å². The van der Waals surface area contributed by atoms with Crippen LogP contribution < -0.4 is 0 Å². The Kier molecular flexibility index (Phi) is 4.00. The van der Waals surface area contributed by atoms with Gasteiger partial charge in [0.2, 0.25) is 0 Å². The number of amides is 1. The highest BCUT2D eigenvalue weighted by Crippen LogP contribution is 2.37. The van der Waals surface area contributed by atoms with Gasteiger partial charge in [0.25, 0.3) is 0 Å². The summed E-state index contributed by atoms with van der Waals surface area (Å²) in [6.45, 7) is 5.39. The van der Waals surface area contributed by atoms with Crippen LogP contribution >= 0.6 is 0 Å². The van der Waals surface area contributed by atoms with Gasteiger partial charge in [-0.1, -0.05) is 42.5 Å². The molecule has 0 radical (unpaired) electrons. The molecule has 5 nitrogen and oxygen atoms in total. The summed E-state index contributed by atoms with van der Waals surface area (Å²) in [6, 6.07) is 13.5. The Bertz CT molecular complexity index is 717. The zero-order valence-corrected chi connectivity index (χ0v) is 13.5. The molecule has 1 aliphatic heterocycles. The van der Waals surface area contributed by atoms with Crippen LogP contribution in [0, 0.1) is 0 Å². The first kappa shape index (κ1) is 15.8. The van der Waals surface area contributed by atoms with Crippen molar-refractivity contribution in [3.63, 3.8) is 0 Å². The standard InChI is InChI=1S/C18H21NO4/c1-18(2,3)22-17(21)19-15(11-16(20)23-19)14-10-6-8-12-7-4-5-9-13(12)14/h4-10,15-16,20H,11H2,1-3H3/t15-,16-/m1/s1. The van der Waals surface area contributed by atoms with Gasteiger partial charge in [-0.05, 0) is 37.1 Å². The number of fused-ring (bicyclic) bond motifs is 1. The Morgan fingerprint density at radius 2 is 1.91 bits per heavy atom. The van der Waals surface area contributed by atoms with Gasteiger partial charge in [0.05, 0.1) is 6.04 Å². The van der Waals surface area contributed by atoms with Crippen LogP contribution in [0.1, 0.15) is 38.8 Å². The molecule has 2 atom stereocenters. The van der Waals surface area contributed by atoms with Crippen molar-refractivity contribution in [2.45, 2.75) is 45.1 Å². The Morgan fingerprint density at radius 3 is 2.65 bits per heavy atom. The van der Waals surface area contributed by atoms with E-state index in [9.17, 15) is 9.90 Å². The van der Waals surface area contributed by atoms with Crippen LogP contribution in [-0.2, 0) is 9.57 Å². The van der Waals surface area contributed by atoms with Crippen molar-refractivity contribution in [2.75, 3.05) is 0 Å². The van der Waals surface area contributed by atoms with Crippen LogP contribution in [-0.4, -0.2) is 28.2 Å². The second-order valence-corrected chi connectivity index (χ2v) is 6.69. The summed E-state index contributed by atoms with van der Waals surface area (Å²) in [7, 11) is 0. The molecule has 1 amide bonds. The van der Waals surface area contributed by atoms with Crippen molar-refractivity contribution >= 4 is 16.9 Å². The maximum atomic E-state index is 12.4. The van der Waals surface area contributed by atoms with E-state index in [1.807, 2.05) is 42.5 Å². The second-order valence-electron chi connectivity index (χ2n) is 6.69. The largest absolute Gasteiger partial charge is 0.442 e. The summed E-state index contributed by atoms with van der Waals surface area (Å²) >= 11 is 0. The average Bonchev–Trinajstić information content (AvgIpc) is 2.87. The molecule has 0 aliphatic carbocycles. The fourth-order valence-corrected chi connectivity index (χ4v) is 2.81. The maximum absolute atomic E-state index is 12.4. The first-order valence-corrected chi connectivity index (χ1v) is 7.70. The lowest BCUT2D eigenvalue weighted by Crippen LogP contribution is -2.36. The lowest BCUT2D eigenvalue weighted by Gasteiger charge is -2.27. The van der Waals surface area contributed by atoms with Crippen LogP contribution in [0.5, 0.6) is 0 Å². The molecule has 2 aromatic carbocycles. The van der Waals surface area contributed by atoms with Gasteiger partial charge in [-0.2, -0.15) is 5.06 Å². The molecule has 1 heterocycles. The number of aliphatic hydroxyl groups excluding tert-OH is 1. The predicted molar refractivity (Wildman–Crippen MR) is 86.5 cm³/mol. The maximum Gasteiger partial charge on any atom is 0.435 e. The third-order valence-corrected chi connectivity index (χ3v) is 3.70. The third kappa shape index (κ3) is 3.30. The van der Waals surface area contributed by atoms with Crippen LogP contribution in [0.2, 0.25) is 0 Å². The SMILES string of the molecule is CC(C)(C)OC(=O)N1O[C@@H](O)C[C@@H]1c1cccc2ccccc12. The first-order chi connectivity index (χ1) is 10.8. The smallest absolute Gasteiger partial charge is 0.435 e. The molecular formula is C18H21NO4. The van der Waals surface area contributed by atoms with E-state index in [4.69, 9.17) is 9.57 Å². The summed E-state index contributed by atoms with van der Waals surface area (Å²) in [5.74, 6) is 0. The zero-order valence-electron chi connectivity index (χ0n) is 13.5. The van der Waals surface area contributed by atoms with E-state index in [2.05, 4.69) is 0 Å². The van der Waals surface area contributed by atoms with Gasteiger partial charge in [0.1, 0.15) is 5.60 Å². The topological polar surface area (TPSA) is 59.0 Å². The number of hydrogen-bond acceptors (Lipinski definition) is 4. The zero-order chi connectivity index (χ0) is 16.6. The second kappa shape index (κ2) is 5.83. The molecule has 0 saturated carbocycles. The van der Waals surface area contributed by atoms with Crippen LogP contribution in [0.25, 0.3) is 10.8 Å². The molecule has 1 fully saturated rings. The molecule has 2 aromatic rings. The molecular weight excluding hydrogens is 294 g/mol. The minimum atomic E-state index is -1.02. The lowest BCUT2D eigenvalue weighted by atomic mass is 9.97. The highest BCUT2D eigenvalue weighted by Gasteiger charge is 2.40. The molecule has 1 aliphatic rings. The Hall–Kier alpha value is -2.11. The lowest BCUT2D eigenvalue weighted by molar-refractivity contribution is -0.207. The molecule has 0 unspecified atom stereocenters. The van der Waals surface area contributed by atoms with E-state index in [1.54, 1.807) is 20.8 Å². The van der Waals surface area contributed by atoms with Gasteiger partial charge >= 0.3 is 6.09 Å². The summed E-state index contributed by atoms with van der Waals surface area (Å²) in [5.41, 5.74) is 0.308. The number of nitrogens with zero attached hydrogens (tertiary/aromatic N) is 1. The van der Waals surface area contributed by atoms with Crippen molar-refractivity contribution in [3.05, 3.63) is 48.0 Å². The Balaban J connectivity index is 1.97. The number of hydroxylamine groups is 2. The third-order valence-electron chi connectivity index (χ3n) is 3.70. The molecule has 1 N–H and O–H groups in total. The summed E-state index contributed by atoms with van der Waals surface area (Å²) in [5, 5.41) is 13.1. The highest BCUT2D eigenvalue weighted by atomic mass is 16.8. The van der Waals surface area contributed by atoms with Crippen LogP contribution in [0.15, 0.2) is 42.5 Å². The van der Waals surface area contributed by atoms with E-state index < -0.39 is 18.0 Å². The average molecular weight is 315 g/mol. The van der Waals surface area contributed by atoms with Crippen molar-refractivity contribution in [2.24, 2.45) is 0 Å². The quantitative estimate of drug-likeness (QED) is 0.870. The number of hydrogen-bond donors (Lipinski definition) is 1. The number of benzene rings is 2. The Labute approximate surface area is 135 Å². The monoisotopic (exact) mass is 315 g/mol. The van der Waals surface area contributed by atoms with Crippen LogP contribution in [0.3, 0.4) is 0 Å². The fraction of sp³-hybridized carbons (Fsp3) is 0.389. The minimum absolute atomic E-state index is 0.313. The van der Waals surface area contributed by atoms with E-state index in [-0.39, 0.29) is 6.04 Å². The summed E-state index contributed by atoms with van der Waals surface area (Å²) < 4.78 is 5.38. The van der Waals surface area contributed by atoms with Crippen molar-refractivity contribution in [1.29, 1.82) is 0 Å². The van der Waals surface area contributed by atoms with Gasteiger partial charge in [0, 0.05) is 6.42 Å². The van der Waals surface area contributed by atoms with Gasteiger partial charge in [-0.25, -0.2) is 9.63 Å². The van der Waals surface area contributed by atoms with E-state index in [1.165, 1.54) is 0 Å². The van der Waals surface area contributed by atoms with Gasteiger partial charge in [-0.15, -0.1) is 0 Å². The number of rotatable bonds is 1. The summed E-state index contributed by atoms with van der Waals surface area (Å²) in [6.07, 6.45) is -1.30. The summed E-state index contributed by atoms with van der Waals surface area (Å²) in [4.78, 5) is 17.7. The van der Waals surface area contributed by atoms with E-state index in [0.717, 1.165) is 21.4 Å². The molecule has 5 heteroatoms. The normalized spacial score (nSPS) is 21.7. The van der Waals surface area contributed by atoms with Crippen molar-refractivity contribution < 1.29 is 19.5 Å². The van der Waals surface area contributed by atoms with Gasteiger partial charge < -0.3 is 9.84 Å². The number of ether oxygens (including phenoxy) is 1. The molecule has 122 valence electrons. The van der Waals surface area contributed by atoms with E-state index >= 15 is 0 Å². The molecule has 0 bridgehead atoms. The van der Waals surface area contributed by atoms with Crippen LogP contribution in [0.4, 0.5) is 4.79 Å². The molecule has 23 heavy (non-hydrogen) atoms. The van der Waals surface area contributed by atoms with Crippen molar-refractivity contribution in [1.82, 2.24) is 5.06 Å². The number of aliphatic hydroxyl groups is 1. The molecule has 3 rings (SSSR count). The van der Waals surface area contributed by atoms with Gasteiger partial charge in [-0.3, -0.25) is 0 Å². The minimum Gasteiger partial charge on any atom is -0.442 e. The Morgan fingerprint density at radius 1 is 1.22 bits per heavy atom. The van der Waals surface area contributed by atoms with Crippen molar-refractivity contribution in [3.8, 4) is 0 Å². The van der Waals surface area contributed by atoms with E-state index in [0.29, 0.717) is 6.42 Å². The number of carbonyl (C=O) groups excluding carboxylic acids is 1. The fourth-order valence-electron chi connectivity index (χ4n) is 2.81. The molecule has 0 aromatic heterocycles. The number of carbonyl (C=O) groups is 1.